The van der Waals surface area contributed by atoms with E-state index in [1.807, 2.05) is 12.1 Å². The summed E-state index contributed by atoms with van der Waals surface area (Å²) in [6, 6.07) is 12.6. The number of hydrogen-bond donors (Lipinski definition) is 1. The maximum absolute atomic E-state index is 13.3. The van der Waals surface area contributed by atoms with E-state index in [1.54, 1.807) is 31.2 Å². The van der Waals surface area contributed by atoms with Crippen molar-refractivity contribution in [2.45, 2.75) is 57.7 Å². The van der Waals surface area contributed by atoms with Crippen molar-refractivity contribution >= 4 is 27.7 Å². The van der Waals surface area contributed by atoms with Crippen molar-refractivity contribution in [2.24, 2.45) is 0 Å². The van der Waals surface area contributed by atoms with Crippen molar-refractivity contribution in [1.82, 2.24) is 10.2 Å². The predicted molar refractivity (Wildman–Crippen MR) is 121 cm³/mol. The highest BCUT2D eigenvalue weighted by Crippen LogP contribution is 2.19. The van der Waals surface area contributed by atoms with Crippen molar-refractivity contribution < 1.29 is 18.7 Å². The molecule has 1 saturated carbocycles. The van der Waals surface area contributed by atoms with Gasteiger partial charge in [0.1, 0.15) is 17.6 Å². The van der Waals surface area contributed by atoms with Gasteiger partial charge in [-0.15, -0.1) is 0 Å². The van der Waals surface area contributed by atoms with Crippen molar-refractivity contribution in [3.63, 3.8) is 0 Å². The number of carbonyl (C=O) groups excluding carboxylic acids is 2. The molecule has 2 amide bonds. The third kappa shape index (κ3) is 7.06. The van der Waals surface area contributed by atoms with E-state index in [4.69, 9.17) is 4.74 Å². The summed E-state index contributed by atoms with van der Waals surface area (Å²) in [5, 5.41) is 3.09. The van der Waals surface area contributed by atoms with Gasteiger partial charge in [-0.25, -0.2) is 4.39 Å². The fourth-order valence-electron chi connectivity index (χ4n) is 3.70. The van der Waals surface area contributed by atoms with Gasteiger partial charge in [-0.1, -0.05) is 47.3 Å². The second-order valence-electron chi connectivity index (χ2n) is 7.91. The predicted octanol–water partition coefficient (Wildman–Crippen LogP) is 4.83. The quantitative estimate of drug-likeness (QED) is 0.576. The van der Waals surface area contributed by atoms with E-state index < -0.39 is 6.04 Å². The molecule has 1 N–H and O–H groups in total. The van der Waals surface area contributed by atoms with E-state index in [2.05, 4.69) is 21.2 Å². The maximum Gasteiger partial charge on any atom is 0.261 e. The number of nitrogens with zero attached hydrogens (tertiary/aromatic N) is 1. The lowest BCUT2D eigenvalue weighted by Crippen LogP contribution is -2.51. The van der Waals surface area contributed by atoms with Crippen LogP contribution in [0.5, 0.6) is 5.75 Å². The molecule has 1 atom stereocenters. The van der Waals surface area contributed by atoms with Crippen LogP contribution in [0.4, 0.5) is 4.39 Å². The summed E-state index contributed by atoms with van der Waals surface area (Å²) in [5.74, 6) is -0.259. The number of hydrogen-bond acceptors (Lipinski definition) is 3. The first-order chi connectivity index (χ1) is 14.9. The van der Waals surface area contributed by atoms with Crippen LogP contribution in [-0.2, 0) is 16.1 Å². The molecule has 0 unspecified atom stereocenters. The fourth-order valence-corrected chi connectivity index (χ4v) is 3.96. The molecular formula is C24H28BrFN2O3. The van der Waals surface area contributed by atoms with Gasteiger partial charge in [-0.3, -0.25) is 9.59 Å². The minimum atomic E-state index is -0.673. The van der Waals surface area contributed by atoms with Crippen molar-refractivity contribution in [3.8, 4) is 5.75 Å². The van der Waals surface area contributed by atoms with Gasteiger partial charge in [0.25, 0.3) is 5.91 Å². The second kappa shape index (κ2) is 11.3. The highest BCUT2D eigenvalue weighted by atomic mass is 79.9. The van der Waals surface area contributed by atoms with E-state index in [0.717, 1.165) is 35.7 Å². The monoisotopic (exact) mass is 490 g/mol. The lowest BCUT2D eigenvalue weighted by Gasteiger charge is -2.31. The van der Waals surface area contributed by atoms with Crippen LogP contribution in [0.15, 0.2) is 53.0 Å². The molecule has 1 aliphatic rings. The van der Waals surface area contributed by atoms with Gasteiger partial charge in [-0.2, -0.15) is 0 Å². The summed E-state index contributed by atoms with van der Waals surface area (Å²) < 4.78 is 19.8. The van der Waals surface area contributed by atoms with Crippen LogP contribution in [0.1, 0.15) is 44.6 Å². The van der Waals surface area contributed by atoms with Crippen LogP contribution in [0, 0.1) is 5.82 Å². The average Bonchev–Trinajstić information content (AvgIpc) is 2.78. The molecular weight excluding hydrogens is 463 g/mol. The zero-order valence-electron chi connectivity index (χ0n) is 17.7. The first-order valence-electron chi connectivity index (χ1n) is 10.6. The summed E-state index contributed by atoms with van der Waals surface area (Å²) in [5.41, 5.74) is 0.746. The van der Waals surface area contributed by atoms with Gasteiger partial charge < -0.3 is 15.0 Å². The largest absolute Gasteiger partial charge is 0.484 e. The van der Waals surface area contributed by atoms with Gasteiger partial charge in [-0.05, 0) is 61.7 Å². The van der Waals surface area contributed by atoms with Crippen LogP contribution in [0.3, 0.4) is 0 Å². The number of benzene rings is 2. The van der Waals surface area contributed by atoms with E-state index in [-0.39, 0.29) is 36.8 Å². The molecule has 2 aromatic carbocycles. The Morgan fingerprint density at radius 3 is 2.39 bits per heavy atom. The Balaban J connectivity index is 1.69. The summed E-state index contributed by atoms with van der Waals surface area (Å²) >= 11 is 3.36. The molecule has 2 aromatic rings. The van der Waals surface area contributed by atoms with Gasteiger partial charge in [0, 0.05) is 17.1 Å². The third-order valence-corrected chi connectivity index (χ3v) is 6.09. The summed E-state index contributed by atoms with van der Waals surface area (Å²) in [6.45, 7) is 1.73. The van der Waals surface area contributed by atoms with Crippen LogP contribution in [-0.4, -0.2) is 35.4 Å². The SMILES string of the molecule is C[C@H](C(=O)NC1CCCCC1)N(Cc1ccc(F)cc1)C(=O)COc1ccc(Br)cc1. The van der Waals surface area contributed by atoms with Crippen LogP contribution < -0.4 is 10.1 Å². The fraction of sp³-hybridized carbons (Fsp3) is 0.417. The average molecular weight is 491 g/mol. The zero-order chi connectivity index (χ0) is 22.2. The number of carbonyl (C=O) groups is 2. The molecule has 31 heavy (non-hydrogen) atoms. The minimum Gasteiger partial charge on any atom is -0.484 e. The maximum atomic E-state index is 13.3. The topological polar surface area (TPSA) is 58.6 Å². The van der Waals surface area contributed by atoms with Crippen LogP contribution in [0.2, 0.25) is 0 Å². The first-order valence-corrected chi connectivity index (χ1v) is 11.4. The summed E-state index contributed by atoms with van der Waals surface area (Å²) in [6.07, 6.45) is 5.36. The molecule has 166 valence electrons. The Hall–Kier alpha value is -2.41. The molecule has 0 aromatic heterocycles. The van der Waals surface area contributed by atoms with Crippen molar-refractivity contribution in [1.29, 1.82) is 0 Å². The Morgan fingerprint density at radius 2 is 1.74 bits per heavy atom. The molecule has 0 spiro atoms. The first kappa shape index (κ1) is 23.3. The molecule has 1 aliphatic carbocycles. The number of halogens is 2. The second-order valence-corrected chi connectivity index (χ2v) is 8.83. The lowest BCUT2D eigenvalue weighted by atomic mass is 9.95. The molecule has 1 fully saturated rings. The minimum absolute atomic E-state index is 0.158. The molecule has 0 bridgehead atoms. The number of rotatable bonds is 8. The van der Waals surface area contributed by atoms with Crippen LogP contribution in [0.25, 0.3) is 0 Å². The molecule has 0 radical (unpaired) electrons. The Bertz CT molecular complexity index is 867. The number of nitrogens with one attached hydrogen (secondary N) is 1. The van der Waals surface area contributed by atoms with Gasteiger partial charge in [0.2, 0.25) is 5.91 Å². The Kier molecular flexibility index (Phi) is 8.46. The van der Waals surface area contributed by atoms with E-state index in [0.29, 0.717) is 5.75 Å². The van der Waals surface area contributed by atoms with Crippen LogP contribution >= 0.6 is 15.9 Å². The normalized spacial score (nSPS) is 15.2. The standard InChI is InChI=1S/C24H28BrFN2O3/c1-17(24(30)27-21-5-3-2-4-6-21)28(15-18-7-11-20(26)12-8-18)23(29)16-31-22-13-9-19(25)10-14-22/h7-14,17,21H,2-6,15-16H2,1H3,(H,27,30)/t17-/m1/s1. The summed E-state index contributed by atoms with van der Waals surface area (Å²) in [7, 11) is 0. The van der Waals surface area contributed by atoms with Gasteiger partial charge in [0.15, 0.2) is 6.61 Å². The number of ether oxygens (including phenoxy) is 1. The molecule has 5 nitrogen and oxygen atoms in total. The highest BCUT2D eigenvalue weighted by Gasteiger charge is 2.28. The van der Waals surface area contributed by atoms with Gasteiger partial charge >= 0.3 is 0 Å². The van der Waals surface area contributed by atoms with Crippen molar-refractivity contribution in [3.05, 3.63) is 64.4 Å². The molecule has 7 heteroatoms. The molecule has 3 rings (SSSR count). The Labute approximate surface area is 191 Å². The molecule has 0 heterocycles. The molecule has 0 saturated heterocycles. The third-order valence-electron chi connectivity index (χ3n) is 5.56. The Morgan fingerprint density at radius 1 is 1.10 bits per heavy atom. The lowest BCUT2D eigenvalue weighted by molar-refractivity contribution is -0.142. The highest BCUT2D eigenvalue weighted by molar-refractivity contribution is 9.10. The zero-order valence-corrected chi connectivity index (χ0v) is 19.2. The molecule has 0 aliphatic heterocycles. The smallest absolute Gasteiger partial charge is 0.261 e. The van der Waals surface area contributed by atoms with E-state index >= 15 is 0 Å². The van der Waals surface area contributed by atoms with E-state index in [9.17, 15) is 14.0 Å². The van der Waals surface area contributed by atoms with Gasteiger partial charge in [0.05, 0.1) is 0 Å². The number of amides is 2. The van der Waals surface area contributed by atoms with E-state index in [1.165, 1.54) is 23.5 Å². The summed E-state index contributed by atoms with van der Waals surface area (Å²) in [4.78, 5) is 27.4. The van der Waals surface area contributed by atoms with Crippen molar-refractivity contribution in [2.75, 3.05) is 6.61 Å².